The number of pyridine rings is 1. The second-order valence-corrected chi connectivity index (χ2v) is 5.53. The highest BCUT2D eigenvalue weighted by molar-refractivity contribution is 6.33. The van der Waals surface area contributed by atoms with Crippen LogP contribution in [0.5, 0.6) is 0 Å². The molecule has 3 rings (SSSR count). The monoisotopic (exact) mass is 287 g/mol. The fourth-order valence-electron chi connectivity index (χ4n) is 2.37. The number of nitrogens with zero attached hydrogens (tertiary/aromatic N) is 2. The van der Waals surface area contributed by atoms with Crippen molar-refractivity contribution in [3.05, 3.63) is 58.7 Å². The maximum atomic E-state index is 6.46. The maximum absolute atomic E-state index is 6.46. The van der Waals surface area contributed by atoms with Crippen molar-refractivity contribution in [3.8, 4) is 0 Å². The van der Waals surface area contributed by atoms with Gasteiger partial charge in [0, 0.05) is 25.3 Å². The Balaban J connectivity index is 1.91. The average Bonchev–Trinajstić information content (AvgIpc) is 3.31. The molecule has 0 spiro atoms. The molecule has 20 heavy (non-hydrogen) atoms. The number of halogens is 1. The molecule has 0 amide bonds. The first-order valence-electron chi connectivity index (χ1n) is 6.93. The van der Waals surface area contributed by atoms with Crippen LogP contribution in [0.15, 0.2) is 42.6 Å². The predicted molar refractivity (Wildman–Crippen MR) is 82.8 cm³/mol. The molecule has 1 aromatic heterocycles. The summed E-state index contributed by atoms with van der Waals surface area (Å²) in [5, 5.41) is 0.692. The van der Waals surface area contributed by atoms with Gasteiger partial charge in [-0.15, -0.1) is 0 Å². The Morgan fingerprint density at radius 2 is 1.95 bits per heavy atom. The zero-order valence-electron chi connectivity index (χ0n) is 11.3. The van der Waals surface area contributed by atoms with E-state index < -0.39 is 0 Å². The van der Waals surface area contributed by atoms with Gasteiger partial charge in [-0.1, -0.05) is 41.9 Å². The third-order valence-electron chi connectivity index (χ3n) is 3.63. The number of hydrogen-bond donors (Lipinski definition) is 1. The summed E-state index contributed by atoms with van der Waals surface area (Å²) in [5.41, 5.74) is 7.96. The molecule has 1 aromatic carbocycles. The molecule has 3 nitrogen and oxygen atoms in total. The lowest BCUT2D eigenvalue weighted by molar-refractivity contribution is 0.776. The molecule has 0 bridgehead atoms. The van der Waals surface area contributed by atoms with Crippen LogP contribution in [0.3, 0.4) is 0 Å². The van der Waals surface area contributed by atoms with Crippen LogP contribution in [0.1, 0.15) is 24.0 Å². The van der Waals surface area contributed by atoms with Gasteiger partial charge in [-0.3, -0.25) is 0 Å². The van der Waals surface area contributed by atoms with Gasteiger partial charge in [0.05, 0.1) is 5.02 Å². The lowest BCUT2D eigenvalue weighted by atomic mass is 10.2. The third kappa shape index (κ3) is 2.79. The summed E-state index contributed by atoms with van der Waals surface area (Å²) >= 11 is 6.46. The molecule has 1 heterocycles. The number of aromatic nitrogens is 1. The van der Waals surface area contributed by atoms with Gasteiger partial charge in [-0.05, 0) is 30.0 Å². The average molecular weight is 288 g/mol. The largest absolute Gasteiger partial charge is 0.348 e. The normalized spacial score (nSPS) is 14.3. The highest BCUT2D eigenvalue weighted by atomic mass is 35.5. The molecule has 0 aliphatic heterocycles. The number of benzene rings is 1. The Bertz CT molecular complexity index is 582. The third-order valence-corrected chi connectivity index (χ3v) is 4.04. The van der Waals surface area contributed by atoms with E-state index >= 15 is 0 Å². The number of nitrogens with two attached hydrogens (primary N) is 1. The van der Waals surface area contributed by atoms with Crippen molar-refractivity contribution in [2.24, 2.45) is 5.73 Å². The smallest absolute Gasteiger partial charge is 0.148 e. The Morgan fingerprint density at radius 1 is 1.20 bits per heavy atom. The summed E-state index contributed by atoms with van der Waals surface area (Å²) in [6, 6.07) is 12.9. The molecular weight excluding hydrogens is 270 g/mol. The first kappa shape index (κ1) is 13.4. The van der Waals surface area contributed by atoms with Crippen LogP contribution in [0.25, 0.3) is 0 Å². The van der Waals surface area contributed by atoms with Crippen LogP contribution < -0.4 is 10.6 Å². The highest BCUT2D eigenvalue weighted by Crippen LogP contribution is 2.36. The molecule has 0 unspecified atom stereocenters. The minimum absolute atomic E-state index is 0.443. The second-order valence-electron chi connectivity index (χ2n) is 5.16. The molecule has 1 aliphatic carbocycles. The molecule has 0 saturated heterocycles. The summed E-state index contributed by atoms with van der Waals surface area (Å²) in [7, 11) is 0. The van der Waals surface area contributed by atoms with Crippen molar-refractivity contribution in [3.63, 3.8) is 0 Å². The van der Waals surface area contributed by atoms with Crippen LogP contribution in [-0.4, -0.2) is 11.0 Å². The minimum Gasteiger partial charge on any atom is -0.348 e. The van der Waals surface area contributed by atoms with Crippen LogP contribution in [0.2, 0.25) is 5.02 Å². The lowest BCUT2D eigenvalue weighted by Gasteiger charge is -2.25. The summed E-state index contributed by atoms with van der Waals surface area (Å²) in [4.78, 5) is 6.79. The van der Waals surface area contributed by atoms with Gasteiger partial charge < -0.3 is 10.6 Å². The molecule has 1 saturated carbocycles. The van der Waals surface area contributed by atoms with Crippen LogP contribution in [0.4, 0.5) is 5.82 Å². The Hall–Kier alpha value is -1.58. The molecule has 1 aliphatic rings. The molecule has 0 radical (unpaired) electrons. The fourth-order valence-corrected chi connectivity index (χ4v) is 2.67. The van der Waals surface area contributed by atoms with Gasteiger partial charge in [0.25, 0.3) is 0 Å². The molecule has 2 aromatic rings. The van der Waals surface area contributed by atoms with Gasteiger partial charge in [-0.2, -0.15) is 0 Å². The summed E-state index contributed by atoms with van der Waals surface area (Å²) < 4.78 is 0. The molecule has 4 heteroatoms. The van der Waals surface area contributed by atoms with Gasteiger partial charge >= 0.3 is 0 Å². The van der Waals surface area contributed by atoms with E-state index in [0.29, 0.717) is 17.6 Å². The number of rotatable bonds is 5. The number of anilines is 1. The Morgan fingerprint density at radius 3 is 2.60 bits per heavy atom. The predicted octanol–water partition coefficient (Wildman–Crippen LogP) is 3.36. The van der Waals surface area contributed by atoms with Gasteiger partial charge in [-0.25, -0.2) is 4.98 Å². The van der Waals surface area contributed by atoms with E-state index in [4.69, 9.17) is 17.3 Å². The van der Waals surface area contributed by atoms with Gasteiger partial charge in [0.2, 0.25) is 0 Å². The van der Waals surface area contributed by atoms with Crippen molar-refractivity contribution in [1.82, 2.24) is 4.98 Å². The molecule has 1 fully saturated rings. The Kier molecular flexibility index (Phi) is 3.90. The second kappa shape index (κ2) is 5.81. The maximum Gasteiger partial charge on any atom is 0.148 e. The molecule has 2 N–H and O–H groups in total. The van der Waals surface area contributed by atoms with Crippen molar-refractivity contribution in [2.45, 2.75) is 32.0 Å². The van der Waals surface area contributed by atoms with Gasteiger partial charge in [0.1, 0.15) is 5.82 Å². The first-order valence-corrected chi connectivity index (χ1v) is 7.31. The van der Waals surface area contributed by atoms with E-state index in [9.17, 15) is 0 Å². The summed E-state index contributed by atoms with van der Waals surface area (Å²) in [6.45, 7) is 1.28. The van der Waals surface area contributed by atoms with E-state index in [0.717, 1.165) is 17.9 Å². The number of hydrogen-bond acceptors (Lipinski definition) is 3. The van der Waals surface area contributed by atoms with E-state index in [2.05, 4.69) is 34.1 Å². The lowest BCUT2D eigenvalue weighted by Crippen LogP contribution is -2.26. The standard InChI is InChI=1S/C16H18ClN3/c17-15-13(10-18)8-9-19-16(15)20(14-6-7-14)11-12-4-2-1-3-5-12/h1-5,8-9,14H,6-7,10-11,18H2. The van der Waals surface area contributed by atoms with E-state index in [-0.39, 0.29) is 0 Å². The summed E-state index contributed by atoms with van der Waals surface area (Å²) in [6.07, 6.45) is 4.21. The summed E-state index contributed by atoms with van der Waals surface area (Å²) in [5.74, 6) is 0.862. The van der Waals surface area contributed by atoms with Crippen molar-refractivity contribution in [1.29, 1.82) is 0 Å². The molecule has 0 atom stereocenters. The van der Waals surface area contributed by atoms with Crippen molar-refractivity contribution >= 4 is 17.4 Å². The Labute approximate surface area is 124 Å². The fraction of sp³-hybridized carbons (Fsp3) is 0.312. The van der Waals surface area contributed by atoms with Gasteiger partial charge in [0.15, 0.2) is 0 Å². The zero-order chi connectivity index (χ0) is 13.9. The van der Waals surface area contributed by atoms with Crippen LogP contribution in [0, 0.1) is 0 Å². The van der Waals surface area contributed by atoms with Crippen molar-refractivity contribution < 1.29 is 0 Å². The first-order chi connectivity index (χ1) is 9.79. The molecule has 104 valence electrons. The van der Waals surface area contributed by atoms with Crippen LogP contribution >= 0.6 is 11.6 Å². The minimum atomic E-state index is 0.443. The highest BCUT2D eigenvalue weighted by Gasteiger charge is 2.31. The SMILES string of the molecule is NCc1ccnc(N(Cc2ccccc2)C2CC2)c1Cl. The van der Waals surface area contributed by atoms with E-state index in [1.54, 1.807) is 6.20 Å². The zero-order valence-corrected chi connectivity index (χ0v) is 12.1. The molecular formula is C16H18ClN3. The quantitative estimate of drug-likeness (QED) is 0.917. The van der Waals surface area contributed by atoms with E-state index in [1.807, 2.05) is 12.1 Å². The van der Waals surface area contributed by atoms with Crippen molar-refractivity contribution in [2.75, 3.05) is 4.90 Å². The van der Waals surface area contributed by atoms with E-state index in [1.165, 1.54) is 18.4 Å². The van der Waals surface area contributed by atoms with Crippen LogP contribution in [-0.2, 0) is 13.1 Å². The topological polar surface area (TPSA) is 42.1 Å².